The number of hydrogen-bond donors (Lipinski definition) is 2. The Labute approximate surface area is 164 Å². The predicted octanol–water partition coefficient (Wildman–Crippen LogP) is 3.80. The molecule has 1 saturated carbocycles. The maximum atomic E-state index is 12.2. The van der Waals surface area contributed by atoms with E-state index in [9.17, 15) is 4.79 Å². The highest BCUT2D eigenvalue weighted by molar-refractivity contribution is 6.09. The van der Waals surface area contributed by atoms with Crippen molar-refractivity contribution < 1.29 is 9.53 Å². The predicted molar refractivity (Wildman–Crippen MR) is 110 cm³/mol. The highest BCUT2D eigenvalue weighted by atomic mass is 16.5. The topological polar surface area (TPSA) is 66.0 Å². The Morgan fingerprint density at radius 2 is 2.07 bits per heavy atom. The third kappa shape index (κ3) is 2.99. The summed E-state index contributed by atoms with van der Waals surface area (Å²) in [6.07, 6.45) is 4.92. The van der Waals surface area contributed by atoms with Gasteiger partial charge in [0.15, 0.2) is 5.84 Å². The minimum absolute atomic E-state index is 0.0939. The van der Waals surface area contributed by atoms with Gasteiger partial charge in [-0.2, -0.15) is 5.10 Å². The van der Waals surface area contributed by atoms with Gasteiger partial charge in [-0.25, -0.2) is 5.43 Å². The third-order valence-corrected chi connectivity index (χ3v) is 5.93. The fraction of sp³-hybridized carbons (Fsp3) is 0.364. The number of rotatable bonds is 4. The normalized spacial score (nSPS) is 20.9. The number of nitrogens with one attached hydrogen (secondary N) is 2. The molecule has 144 valence electrons. The maximum absolute atomic E-state index is 12.2. The van der Waals surface area contributed by atoms with Gasteiger partial charge in [-0.1, -0.05) is 37.5 Å². The lowest BCUT2D eigenvalue weighted by atomic mass is 9.80. The molecule has 2 heterocycles. The molecule has 1 atom stereocenters. The molecule has 3 aliphatic rings. The standard InChI is InChI=1S/C22H24N4O2/c1-14-22(27)25-24-21-13-28-20-12-18(23-17-8-3-2-4-9-17)16(10-15-6-5-7-15)11-19(20)26(14)21/h2-4,8-9,11-12,14-15,23H,5-7,10,13H2,1H3,(H,25,27). The van der Waals surface area contributed by atoms with Crippen molar-refractivity contribution in [2.45, 2.75) is 38.6 Å². The van der Waals surface area contributed by atoms with Crippen LogP contribution in [-0.2, 0) is 11.2 Å². The van der Waals surface area contributed by atoms with Crippen LogP contribution in [-0.4, -0.2) is 24.4 Å². The zero-order chi connectivity index (χ0) is 19.1. The molecule has 28 heavy (non-hydrogen) atoms. The zero-order valence-corrected chi connectivity index (χ0v) is 15.9. The number of carbonyl (C=O) groups is 1. The van der Waals surface area contributed by atoms with E-state index in [1.54, 1.807) is 0 Å². The number of amidine groups is 1. The molecule has 0 radical (unpaired) electrons. The molecule has 2 aromatic rings. The Kier molecular flexibility index (Phi) is 4.19. The Bertz CT molecular complexity index is 937. The van der Waals surface area contributed by atoms with Gasteiger partial charge in [0.25, 0.3) is 5.91 Å². The number of benzene rings is 2. The SMILES string of the molecule is CC1C(=O)NN=C2COc3cc(Nc4ccccc4)c(CC4CCC4)cc3N21. The highest BCUT2D eigenvalue weighted by Crippen LogP contribution is 2.42. The first-order valence-electron chi connectivity index (χ1n) is 9.96. The van der Waals surface area contributed by atoms with Gasteiger partial charge in [0.05, 0.1) is 5.69 Å². The van der Waals surface area contributed by atoms with Crippen LogP contribution in [0.15, 0.2) is 47.6 Å². The fourth-order valence-corrected chi connectivity index (χ4v) is 4.09. The van der Waals surface area contributed by atoms with Crippen LogP contribution in [0.3, 0.4) is 0 Å². The van der Waals surface area contributed by atoms with Gasteiger partial charge in [-0.15, -0.1) is 0 Å². The van der Waals surface area contributed by atoms with Gasteiger partial charge in [-0.05, 0) is 43.0 Å². The van der Waals surface area contributed by atoms with Gasteiger partial charge in [0.1, 0.15) is 18.4 Å². The van der Waals surface area contributed by atoms with Crippen molar-refractivity contribution in [2.24, 2.45) is 11.0 Å². The molecule has 1 unspecified atom stereocenters. The van der Waals surface area contributed by atoms with E-state index in [2.05, 4.69) is 40.1 Å². The summed E-state index contributed by atoms with van der Waals surface area (Å²) in [5.74, 6) is 2.17. The molecule has 0 saturated heterocycles. The number of para-hydroxylation sites is 1. The van der Waals surface area contributed by atoms with Crippen LogP contribution in [0, 0.1) is 5.92 Å². The molecular weight excluding hydrogens is 352 g/mol. The number of anilines is 3. The molecule has 0 spiro atoms. The van der Waals surface area contributed by atoms with E-state index in [4.69, 9.17) is 4.74 Å². The molecule has 6 nitrogen and oxygen atoms in total. The summed E-state index contributed by atoms with van der Waals surface area (Å²) in [5.41, 5.74) is 6.91. The largest absolute Gasteiger partial charge is 0.483 e. The molecule has 1 aliphatic carbocycles. The van der Waals surface area contributed by atoms with E-state index < -0.39 is 0 Å². The van der Waals surface area contributed by atoms with Crippen molar-refractivity contribution in [2.75, 3.05) is 16.8 Å². The quantitative estimate of drug-likeness (QED) is 0.852. The summed E-state index contributed by atoms with van der Waals surface area (Å²) in [5, 5.41) is 7.75. The molecule has 0 bridgehead atoms. The van der Waals surface area contributed by atoms with Crippen molar-refractivity contribution in [3.05, 3.63) is 48.0 Å². The van der Waals surface area contributed by atoms with Gasteiger partial charge in [0, 0.05) is 17.4 Å². The molecule has 6 heteroatoms. The van der Waals surface area contributed by atoms with Crippen LogP contribution in [0.25, 0.3) is 0 Å². The molecule has 2 N–H and O–H groups in total. The molecule has 2 aliphatic heterocycles. The monoisotopic (exact) mass is 376 g/mol. The Morgan fingerprint density at radius 1 is 1.25 bits per heavy atom. The average molecular weight is 376 g/mol. The van der Waals surface area contributed by atoms with Crippen LogP contribution in [0.2, 0.25) is 0 Å². The van der Waals surface area contributed by atoms with Gasteiger partial charge >= 0.3 is 0 Å². The van der Waals surface area contributed by atoms with Crippen molar-refractivity contribution in [3.63, 3.8) is 0 Å². The number of fused-ring (bicyclic) bond motifs is 3. The van der Waals surface area contributed by atoms with E-state index in [0.717, 1.165) is 41.0 Å². The second-order valence-corrected chi connectivity index (χ2v) is 7.81. The first-order chi connectivity index (χ1) is 13.7. The van der Waals surface area contributed by atoms with Crippen molar-refractivity contribution in [3.8, 4) is 5.75 Å². The molecular formula is C22H24N4O2. The number of ether oxygens (including phenoxy) is 1. The van der Waals surface area contributed by atoms with E-state index in [1.807, 2.05) is 30.0 Å². The van der Waals surface area contributed by atoms with Crippen LogP contribution in [0.4, 0.5) is 17.1 Å². The first kappa shape index (κ1) is 17.1. The summed E-state index contributed by atoms with van der Waals surface area (Å²) in [7, 11) is 0. The fourth-order valence-electron chi connectivity index (χ4n) is 4.09. The van der Waals surface area contributed by atoms with Crippen molar-refractivity contribution in [1.82, 2.24) is 5.43 Å². The van der Waals surface area contributed by atoms with E-state index >= 15 is 0 Å². The average Bonchev–Trinajstić information content (AvgIpc) is 2.68. The number of hydrogen-bond acceptors (Lipinski definition) is 5. The second-order valence-electron chi connectivity index (χ2n) is 7.81. The summed E-state index contributed by atoms with van der Waals surface area (Å²) in [4.78, 5) is 14.2. The van der Waals surface area contributed by atoms with Crippen LogP contribution < -0.4 is 20.4 Å². The van der Waals surface area contributed by atoms with Crippen LogP contribution >= 0.6 is 0 Å². The summed E-state index contributed by atoms with van der Waals surface area (Å²) >= 11 is 0. The zero-order valence-electron chi connectivity index (χ0n) is 15.9. The lowest BCUT2D eigenvalue weighted by molar-refractivity contribution is -0.122. The molecule has 1 fully saturated rings. The second kappa shape index (κ2) is 6.86. The Hall–Kier alpha value is -3.02. The van der Waals surface area contributed by atoms with Gasteiger partial charge in [0.2, 0.25) is 0 Å². The Morgan fingerprint density at radius 3 is 2.82 bits per heavy atom. The number of nitrogens with zero attached hydrogens (tertiary/aromatic N) is 2. The molecule has 2 aromatic carbocycles. The summed E-state index contributed by atoms with van der Waals surface area (Å²) in [6.45, 7) is 2.26. The lowest BCUT2D eigenvalue weighted by Gasteiger charge is -2.39. The minimum atomic E-state index is -0.306. The molecule has 1 amide bonds. The van der Waals surface area contributed by atoms with Crippen molar-refractivity contribution in [1.29, 1.82) is 0 Å². The Balaban J connectivity index is 1.56. The van der Waals surface area contributed by atoms with Crippen LogP contribution in [0.1, 0.15) is 31.7 Å². The van der Waals surface area contributed by atoms with Gasteiger partial charge in [-0.3, -0.25) is 4.79 Å². The molecule has 5 rings (SSSR count). The summed E-state index contributed by atoms with van der Waals surface area (Å²) in [6, 6.07) is 14.2. The van der Waals surface area contributed by atoms with Crippen LogP contribution in [0.5, 0.6) is 5.75 Å². The van der Waals surface area contributed by atoms with Gasteiger partial charge < -0.3 is 15.0 Å². The van der Waals surface area contributed by atoms with E-state index in [1.165, 1.54) is 24.8 Å². The number of amides is 1. The van der Waals surface area contributed by atoms with E-state index in [0.29, 0.717) is 6.61 Å². The van der Waals surface area contributed by atoms with Crippen molar-refractivity contribution >= 4 is 28.8 Å². The maximum Gasteiger partial charge on any atom is 0.262 e. The smallest absolute Gasteiger partial charge is 0.262 e. The van der Waals surface area contributed by atoms with E-state index in [-0.39, 0.29) is 11.9 Å². The number of carbonyl (C=O) groups excluding carboxylic acids is 1. The molecule has 0 aromatic heterocycles. The number of hydrazone groups is 1. The summed E-state index contributed by atoms with van der Waals surface area (Å²) < 4.78 is 5.99. The first-order valence-corrected chi connectivity index (χ1v) is 9.96. The lowest BCUT2D eigenvalue weighted by Crippen LogP contribution is -2.55. The third-order valence-electron chi connectivity index (χ3n) is 5.93. The minimum Gasteiger partial charge on any atom is -0.483 e. The highest BCUT2D eigenvalue weighted by Gasteiger charge is 2.36.